The fourth-order valence-electron chi connectivity index (χ4n) is 1.53. The first-order valence-electron chi connectivity index (χ1n) is 4.95. The molecule has 0 spiro atoms. The van der Waals surface area contributed by atoms with Crippen LogP contribution >= 0.6 is 11.6 Å². The summed E-state index contributed by atoms with van der Waals surface area (Å²) in [5.41, 5.74) is -1.72. The first-order chi connectivity index (χ1) is 7.49. The molecule has 0 radical (unpaired) electrons. The largest absolute Gasteiger partial charge is 0.419 e. The summed E-state index contributed by atoms with van der Waals surface area (Å²) in [6.45, 7) is 5.90. The van der Waals surface area contributed by atoms with Crippen LogP contribution in [0.2, 0.25) is 5.02 Å². The van der Waals surface area contributed by atoms with Crippen molar-refractivity contribution in [2.45, 2.75) is 39.4 Å². The van der Waals surface area contributed by atoms with Gasteiger partial charge in [-0.3, -0.25) is 4.79 Å². The maximum absolute atomic E-state index is 12.6. The maximum atomic E-state index is 12.6. The third-order valence-corrected chi connectivity index (χ3v) is 3.42. The minimum atomic E-state index is -4.51. The van der Waals surface area contributed by atoms with E-state index >= 15 is 0 Å². The van der Waals surface area contributed by atoms with Crippen molar-refractivity contribution in [1.82, 2.24) is 4.57 Å². The lowest BCUT2D eigenvalue weighted by molar-refractivity contribution is -0.137. The molecule has 2 nitrogen and oxygen atoms in total. The second-order valence-electron chi connectivity index (χ2n) is 4.43. The predicted octanol–water partition coefficient (Wildman–Crippen LogP) is 3.79. The lowest BCUT2D eigenvalue weighted by Crippen LogP contribution is -2.34. The first-order valence-corrected chi connectivity index (χ1v) is 5.33. The Kier molecular flexibility index (Phi) is 3.36. The van der Waals surface area contributed by atoms with Crippen molar-refractivity contribution in [3.63, 3.8) is 0 Å². The van der Waals surface area contributed by atoms with Gasteiger partial charge in [-0.1, -0.05) is 11.6 Å². The van der Waals surface area contributed by atoms with Crippen LogP contribution in [0.25, 0.3) is 0 Å². The molecule has 96 valence electrons. The number of halogens is 4. The molecule has 1 rings (SSSR count). The molecule has 0 N–H and O–H groups in total. The highest BCUT2D eigenvalue weighted by molar-refractivity contribution is 6.32. The number of alkyl halides is 3. The summed E-state index contributed by atoms with van der Waals surface area (Å²) in [5.74, 6) is -0.235. The zero-order valence-electron chi connectivity index (χ0n) is 9.94. The Bertz CT molecular complexity index is 460. The standard InChI is InChI=1S/C11H13ClF3NO/c1-6-9(12)8(11(13,14)15)5-16(6)10(3,4)7(2)17/h5H,1-4H3. The van der Waals surface area contributed by atoms with Gasteiger partial charge in [0.25, 0.3) is 0 Å². The summed E-state index contributed by atoms with van der Waals surface area (Å²) in [5, 5.41) is -0.355. The van der Waals surface area contributed by atoms with E-state index in [1.54, 1.807) is 13.8 Å². The van der Waals surface area contributed by atoms with Gasteiger partial charge >= 0.3 is 6.18 Å². The first kappa shape index (κ1) is 14.1. The summed E-state index contributed by atoms with van der Waals surface area (Å²) in [6.07, 6.45) is -3.63. The maximum Gasteiger partial charge on any atom is 0.419 e. The van der Waals surface area contributed by atoms with Gasteiger partial charge in [0.15, 0.2) is 5.78 Å². The molecule has 0 bridgehead atoms. The van der Waals surface area contributed by atoms with Crippen LogP contribution in [-0.2, 0) is 16.5 Å². The number of carbonyl (C=O) groups is 1. The number of Topliss-reactive ketones (excluding diaryl/α,β-unsaturated/α-hetero) is 1. The smallest absolute Gasteiger partial charge is 0.337 e. The third-order valence-electron chi connectivity index (χ3n) is 2.94. The molecule has 0 aliphatic rings. The van der Waals surface area contributed by atoms with Crippen molar-refractivity contribution in [3.05, 3.63) is 22.5 Å². The Balaban J connectivity index is 3.45. The second-order valence-corrected chi connectivity index (χ2v) is 4.80. The SMILES string of the molecule is CC(=O)C(C)(C)n1cc(C(F)(F)F)c(Cl)c1C. The van der Waals surface area contributed by atoms with Crippen LogP contribution in [-0.4, -0.2) is 10.4 Å². The van der Waals surface area contributed by atoms with Crippen molar-refractivity contribution in [2.75, 3.05) is 0 Å². The number of rotatable bonds is 2. The molecule has 17 heavy (non-hydrogen) atoms. The Morgan fingerprint density at radius 1 is 1.35 bits per heavy atom. The van der Waals surface area contributed by atoms with Crippen LogP contribution in [0.3, 0.4) is 0 Å². The Labute approximate surface area is 102 Å². The number of carbonyl (C=O) groups excluding carboxylic acids is 1. The quantitative estimate of drug-likeness (QED) is 0.799. The molecule has 0 aliphatic carbocycles. The molecule has 6 heteroatoms. The average molecular weight is 268 g/mol. The van der Waals surface area contributed by atoms with E-state index in [1.165, 1.54) is 18.4 Å². The summed E-state index contributed by atoms with van der Waals surface area (Å²) in [4.78, 5) is 11.4. The van der Waals surface area contributed by atoms with Gasteiger partial charge in [0, 0.05) is 11.9 Å². The van der Waals surface area contributed by atoms with Crippen LogP contribution in [0.15, 0.2) is 6.20 Å². The van der Waals surface area contributed by atoms with Crippen LogP contribution in [0, 0.1) is 6.92 Å². The Morgan fingerprint density at radius 2 is 1.82 bits per heavy atom. The molecule has 0 saturated carbocycles. The molecule has 0 unspecified atom stereocenters. The molecule has 0 aromatic carbocycles. The van der Waals surface area contributed by atoms with Gasteiger partial charge in [0.05, 0.1) is 16.1 Å². The number of aromatic nitrogens is 1. The summed E-state index contributed by atoms with van der Waals surface area (Å²) < 4.78 is 39.2. The van der Waals surface area contributed by atoms with Crippen molar-refractivity contribution in [2.24, 2.45) is 0 Å². The fraction of sp³-hybridized carbons (Fsp3) is 0.545. The molecule has 0 atom stereocenters. The zero-order valence-corrected chi connectivity index (χ0v) is 10.7. The van der Waals surface area contributed by atoms with Gasteiger partial charge in [-0.15, -0.1) is 0 Å². The van der Waals surface area contributed by atoms with E-state index in [4.69, 9.17) is 11.6 Å². The molecule has 0 aliphatic heterocycles. The highest BCUT2D eigenvalue weighted by atomic mass is 35.5. The van der Waals surface area contributed by atoms with Gasteiger partial charge in [0.2, 0.25) is 0 Å². The van der Waals surface area contributed by atoms with Crippen LogP contribution < -0.4 is 0 Å². The van der Waals surface area contributed by atoms with Crippen LogP contribution in [0.5, 0.6) is 0 Å². The topological polar surface area (TPSA) is 22.0 Å². The fourth-order valence-corrected chi connectivity index (χ4v) is 1.78. The minimum Gasteiger partial charge on any atom is -0.337 e. The van der Waals surface area contributed by atoms with Crippen molar-refractivity contribution in [1.29, 1.82) is 0 Å². The number of ketones is 1. The van der Waals surface area contributed by atoms with Crippen LogP contribution in [0.4, 0.5) is 13.2 Å². The highest BCUT2D eigenvalue weighted by Gasteiger charge is 2.38. The number of hydrogen-bond acceptors (Lipinski definition) is 1. The van der Waals surface area contributed by atoms with Crippen molar-refractivity contribution >= 4 is 17.4 Å². The number of nitrogens with zero attached hydrogens (tertiary/aromatic N) is 1. The van der Waals surface area contributed by atoms with E-state index in [1.807, 2.05) is 0 Å². The third kappa shape index (κ3) is 2.34. The summed E-state index contributed by atoms with van der Waals surface area (Å²) >= 11 is 5.66. The highest BCUT2D eigenvalue weighted by Crippen LogP contribution is 2.39. The lowest BCUT2D eigenvalue weighted by atomic mass is 10.00. The van der Waals surface area contributed by atoms with E-state index < -0.39 is 17.3 Å². The second kappa shape index (κ2) is 4.05. The molecule has 1 aromatic heterocycles. The van der Waals surface area contributed by atoms with E-state index in [0.717, 1.165) is 6.20 Å². The molecule has 0 saturated heterocycles. The predicted molar refractivity (Wildman–Crippen MR) is 59.2 cm³/mol. The Hall–Kier alpha value is -0.970. The van der Waals surface area contributed by atoms with Crippen LogP contribution in [0.1, 0.15) is 32.0 Å². The summed E-state index contributed by atoms with van der Waals surface area (Å²) in [6, 6.07) is 0. The van der Waals surface area contributed by atoms with E-state index in [0.29, 0.717) is 0 Å². The zero-order chi connectivity index (χ0) is 13.6. The molecular formula is C11H13ClF3NO. The molecule has 0 amide bonds. The van der Waals surface area contributed by atoms with Gasteiger partial charge < -0.3 is 4.57 Å². The van der Waals surface area contributed by atoms with Crippen molar-refractivity contribution < 1.29 is 18.0 Å². The average Bonchev–Trinajstić information content (AvgIpc) is 2.43. The van der Waals surface area contributed by atoms with E-state index in [2.05, 4.69) is 0 Å². The van der Waals surface area contributed by atoms with Crippen molar-refractivity contribution in [3.8, 4) is 0 Å². The Morgan fingerprint density at radius 3 is 2.12 bits per heavy atom. The van der Waals surface area contributed by atoms with E-state index in [-0.39, 0.29) is 16.5 Å². The normalized spacial score (nSPS) is 12.9. The van der Waals surface area contributed by atoms with Gasteiger partial charge in [0.1, 0.15) is 0 Å². The summed E-state index contributed by atoms with van der Waals surface area (Å²) in [7, 11) is 0. The van der Waals surface area contributed by atoms with Gasteiger partial charge in [-0.05, 0) is 27.7 Å². The lowest BCUT2D eigenvalue weighted by Gasteiger charge is -2.25. The monoisotopic (exact) mass is 267 g/mol. The minimum absolute atomic E-state index is 0.235. The van der Waals surface area contributed by atoms with E-state index in [9.17, 15) is 18.0 Å². The van der Waals surface area contributed by atoms with Gasteiger partial charge in [-0.2, -0.15) is 13.2 Å². The van der Waals surface area contributed by atoms with Gasteiger partial charge in [-0.25, -0.2) is 0 Å². The molecule has 1 heterocycles. The molecular weight excluding hydrogens is 255 g/mol. The molecule has 1 aromatic rings. The molecule has 0 fully saturated rings. The number of hydrogen-bond donors (Lipinski definition) is 0.